The first-order chi connectivity index (χ1) is 9.35. The normalized spacial score (nSPS) is 11.9. The third-order valence-corrected chi connectivity index (χ3v) is 2.30. The van der Waals surface area contributed by atoms with Crippen molar-refractivity contribution in [1.29, 1.82) is 0 Å². The molecule has 4 nitrogen and oxygen atoms in total. The lowest BCUT2D eigenvalue weighted by Crippen LogP contribution is -2.32. The highest BCUT2D eigenvalue weighted by molar-refractivity contribution is 5.35. The van der Waals surface area contributed by atoms with Crippen LogP contribution in [0.3, 0.4) is 0 Å². The average Bonchev–Trinajstić information content (AvgIpc) is 2.35. The van der Waals surface area contributed by atoms with Gasteiger partial charge in [-0.25, -0.2) is 18.7 Å². The summed E-state index contributed by atoms with van der Waals surface area (Å²) in [4.78, 5) is 8.05. The lowest BCUT2D eigenvalue weighted by Gasteiger charge is -2.15. The fourth-order valence-corrected chi connectivity index (χ4v) is 1.38. The number of nitrogens with zero attached hydrogens (tertiary/aromatic N) is 2. The molecule has 0 amide bonds. The Balaban J connectivity index is 2.57. The Hall–Kier alpha value is -1.44. The van der Waals surface area contributed by atoms with Crippen molar-refractivity contribution in [3.63, 3.8) is 0 Å². The molecule has 0 bridgehead atoms. The Labute approximate surface area is 114 Å². The number of hydrogen-bond donors (Lipinski definition) is 1. The van der Waals surface area contributed by atoms with Gasteiger partial charge in [0.1, 0.15) is 19.0 Å². The molecule has 0 spiro atoms. The molecule has 1 N–H and O–H groups in total. The zero-order valence-electron chi connectivity index (χ0n) is 11.3. The van der Waals surface area contributed by atoms with Crippen LogP contribution in [-0.2, 0) is 11.3 Å². The van der Waals surface area contributed by atoms with Gasteiger partial charge in [-0.2, -0.15) is 8.78 Å². The number of aromatic nitrogens is 2. The number of ether oxygens (including phenoxy) is 1. The summed E-state index contributed by atoms with van der Waals surface area (Å²) in [6.07, 6.45) is -2.85. The van der Waals surface area contributed by atoms with E-state index in [2.05, 4.69) is 20.0 Å². The van der Waals surface area contributed by atoms with Crippen LogP contribution < -0.4 is 5.32 Å². The zero-order valence-corrected chi connectivity index (χ0v) is 11.3. The molecule has 1 heterocycles. The predicted molar refractivity (Wildman–Crippen MR) is 66.2 cm³/mol. The van der Waals surface area contributed by atoms with Crippen LogP contribution in [0.2, 0.25) is 0 Å². The van der Waals surface area contributed by atoms with E-state index in [0.717, 1.165) is 6.42 Å². The lowest BCUT2D eigenvalue weighted by molar-refractivity contribution is -0.168. The molecule has 0 fully saturated rings. The second-order valence-corrected chi connectivity index (χ2v) is 4.29. The predicted octanol–water partition coefficient (Wildman–Crippen LogP) is 3.02. The van der Waals surface area contributed by atoms with E-state index < -0.39 is 19.0 Å². The van der Waals surface area contributed by atoms with Gasteiger partial charge in [0.25, 0.3) is 0 Å². The van der Waals surface area contributed by atoms with Gasteiger partial charge in [0.15, 0.2) is 5.82 Å². The Morgan fingerprint density at radius 1 is 1.35 bits per heavy atom. The number of alkyl halides is 4. The van der Waals surface area contributed by atoms with Crippen molar-refractivity contribution in [3.8, 4) is 0 Å². The Morgan fingerprint density at radius 3 is 2.65 bits per heavy atom. The third kappa shape index (κ3) is 5.28. The summed E-state index contributed by atoms with van der Waals surface area (Å²) in [5.74, 6) is -3.43. The van der Waals surface area contributed by atoms with Crippen LogP contribution in [0.25, 0.3) is 0 Å². The van der Waals surface area contributed by atoms with E-state index in [1.165, 1.54) is 0 Å². The Morgan fingerprint density at radius 2 is 2.05 bits per heavy atom. The van der Waals surface area contributed by atoms with Crippen molar-refractivity contribution in [3.05, 3.63) is 17.6 Å². The van der Waals surface area contributed by atoms with Gasteiger partial charge in [-0.3, -0.25) is 0 Å². The minimum atomic E-state index is -4.16. The quantitative estimate of drug-likeness (QED) is 0.749. The van der Waals surface area contributed by atoms with Gasteiger partial charge in [0.2, 0.25) is 0 Å². The van der Waals surface area contributed by atoms with E-state index in [4.69, 9.17) is 0 Å². The first-order valence-corrected chi connectivity index (χ1v) is 6.17. The lowest BCUT2D eigenvalue weighted by atomic mass is 10.4. The molecule has 1 aromatic rings. The highest BCUT2D eigenvalue weighted by Crippen LogP contribution is 2.23. The number of rotatable bonds is 8. The van der Waals surface area contributed by atoms with Crippen LogP contribution in [0.5, 0.6) is 0 Å². The molecule has 0 aliphatic rings. The highest BCUT2D eigenvalue weighted by atomic mass is 19.3. The number of anilines is 1. The topological polar surface area (TPSA) is 47.0 Å². The summed E-state index contributed by atoms with van der Waals surface area (Å²) < 4.78 is 53.7. The minimum absolute atomic E-state index is 0.175. The number of nitrogens with one attached hydrogen (secondary N) is 1. The van der Waals surface area contributed by atoms with Gasteiger partial charge in [0, 0.05) is 18.3 Å². The van der Waals surface area contributed by atoms with E-state index in [1.54, 1.807) is 13.0 Å². The molecule has 0 atom stereocenters. The molecule has 0 unspecified atom stereocenters. The van der Waals surface area contributed by atoms with E-state index >= 15 is 0 Å². The van der Waals surface area contributed by atoms with Crippen molar-refractivity contribution in [2.75, 3.05) is 18.5 Å². The first kappa shape index (κ1) is 16.6. The molecule has 20 heavy (non-hydrogen) atoms. The van der Waals surface area contributed by atoms with Crippen molar-refractivity contribution in [2.45, 2.75) is 39.2 Å². The van der Waals surface area contributed by atoms with Crippen LogP contribution in [0.4, 0.5) is 23.4 Å². The summed E-state index contributed by atoms with van der Waals surface area (Å²) >= 11 is 0. The molecule has 1 aromatic heterocycles. The average molecular weight is 295 g/mol. The Bertz CT molecular complexity index is 429. The van der Waals surface area contributed by atoms with Gasteiger partial charge in [-0.05, 0) is 13.3 Å². The van der Waals surface area contributed by atoms with Crippen molar-refractivity contribution in [2.24, 2.45) is 0 Å². The molecule has 0 radical (unpaired) electrons. The van der Waals surface area contributed by atoms with Crippen LogP contribution in [0.1, 0.15) is 24.9 Å². The van der Waals surface area contributed by atoms with Crippen molar-refractivity contribution < 1.29 is 22.3 Å². The van der Waals surface area contributed by atoms with Gasteiger partial charge < -0.3 is 10.1 Å². The van der Waals surface area contributed by atoms with Gasteiger partial charge in [-0.1, -0.05) is 6.92 Å². The van der Waals surface area contributed by atoms with Crippen molar-refractivity contribution in [1.82, 2.24) is 9.97 Å². The summed E-state index contributed by atoms with van der Waals surface area (Å²) in [7, 11) is 0. The summed E-state index contributed by atoms with van der Waals surface area (Å²) in [5, 5.41) is 3.03. The zero-order chi connectivity index (χ0) is 15.2. The Kier molecular flexibility index (Phi) is 6.12. The third-order valence-electron chi connectivity index (χ3n) is 2.30. The molecule has 0 saturated carbocycles. The fourth-order valence-electron chi connectivity index (χ4n) is 1.38. The number of halogens is 4. The second kappa shape index (κ2) is 7.37. The van der Waals surface area contributed by atoms with Crippen LogP contribution in [-0.4, -0.2) is 35.5 Å². The molecular weight excluding hydrogens is 278 g/mol. The fraction of sp³-hybridized carbons (Fsp3) is 0.667. The molecule has 0 saturated heterocycles. The highest BCUT2D eigenvalue weighted by Gasteiger charge is 2.40. The summed E-state index contributed by atoms with van der Waals surface area (Å²) in [6.45, 7) is 2.71. The SMILES string of the molecule is CCCNc1cc(C)nc(COCC(F)(F)C(F)F)n1. The minimum Gasteiger partial charge on any atom is -0.370 e. The van der Waals surface area contributed by atoms with E-state index in [9.17, 15) is 17.6 Å². The van der Waals surface area contributed by atoms with Gasteiger partial charge >= 0.3 is 12.3 Å². The second-order valence-electron chi connectivity index (χ2n) is 4.29. The molecule has 0 aromatic carbocycles. The van der Waals surface area contributed by atoms with Crippen molar-refractivity contribution >= 4 is 5.82 Å². The smallest absolute Gasteiger partial charge is 0.330 e. The maximum absolute atomic E-state index is 12.6. The molecule has 8 heteroatoms. The number of aryl methyl sites for hydroxylation is 1. The molecule has 0 aliphatic carbocycles. The van der Waals surface area contributed by atoms with Crippen LogP contribution in [0.15, 0.2) is 6.07 Å². The van der Waals surface area contributed by atoms with Gasteiger partial charge in [0.05, 0.1) is 0 Å². The summed E-state index contributed by atoms with van der Waals surface area (Å²) in [6, 6.07) is 1.70. The van der Waals surface area contributed by atoms with Crippen LogP contribution >= 0.6 is 0 Å². The maximum Gasteiger partial charge on any atom is 0.330 e. The number of hydrogen-bond acceptors (Lipinski definition) is 4. The van der Waals surface area contributed by atoms with E-state index in [1.807, 2.05) is 6.92 Å². The van der Waals surface area contributed by atoms with E-state index in [-0.39, 0.29) is 12.4 Å². The maximum atomic E-state index is 12.6. The molecule has 1 rings (SSSR count). The standard InChI is InChI=1S/C12H17F4N3O/c1-3-4-17-9-5-8(2)18-10(19-9)6-20-7-12(15,16)11(13)14/h5,11H,3-4,6-7H2,1-2H3,(H,17,18,19). The summed E-state index contributed by atoms with van der Waals surface area (Å²) in [5.41, 5.74) is 0.637. The largest absolute Gasteiger partial charge is 0.370 e. The molecular formula is C12H17F4N3O. The van der Waals surface area contributed by atoms with Gasteiger partial charge in [-0.15, -0.1) is 0 Å². The molecule has 0 aliphatic heterocycles. The van der Waals surface area contributed by atoms with E-state index in [0.29, 0.717) is 18.1 Å². The van der Waals surface area contributed by atoms with Crippen LogP contribution in [0, 0.1) is 6.92 Å². The molecule has 114 valence electrons. The first-order valence-electron chi connectivity index (χ1n) is 6.17. The monoisotopic (exact) mass is 295 g/mol.